The summed E-state index contributed by atoms with van der Waals surface area (Å²) in [6.07, 6.45) is 0. The first-order chi connectivity index (χ1) is 5.68. The number of hydrogen-bond acceptors (Lipinski definition) is 0. The van der Waals surface area contributed by atoms with Gasteiger partial charge >= 0.3 is 0 Å². The van der Waals surface area contributed by atoms with Gasteiger partial charge in [-0.25, -0.2) is 0 Å². The molecule has 0 spiro atoms. The first kappa shape index (κ1) is 12.2. The van der Waals surface area contributed by atoms with Crippen LogP contribution >= 0.6 is 0 Å². The van der Waals surface area contributed by atoms with Crippen LogP contribution in [0.25, 0.3) is 0 Å². The van der Waals surface area contributed by atoms with Crippen LogP contribution in [-0.2, 0) is 0 Å². The van der Waals surface area contributed by atoms with E-state index >= 15 is 0 Å². The zero-order valence-corrected chi connectivity index (χ0v) is 9.91. The fraction of sp³-hybridized carbons (Fsp3) is 0.538. The molecule has 0 fully saturated rings. The molecular weight excluding hydrogens is 156 g/mol. The molecule has 0 saturated heterocycles. The summed E-state index contributed by atoms with van der Waals surface area (Å²) in [6, 6.07) is 0. The van der Waals surface area contributed by atoms with E-state index in [1.165, 1.54) is 11.1 Å². The summed E-state index contributed by atoms with van der Waals surface area (Å²) in [6.45, 7) is 21.0. The van der Waals surface area contributed by atoms with Crippen LogP contribution in [0.1, 0.15) is 41.5 Å². The summed E-state index contributed by atoms with van der Waals surface area (Å²) in [5.74, 6) is 0. The standard InChI is InChI=1S/C13H22/c1-9(2)10(3)11(4)12(5)13(6,7)8/h4-5H2,1-3,6-8H3. The second kappa shape index (κ2) is 3.95. The smallest absolute Gasteiger partial charge is 0.0132 e. The Kier molecular flexibility index (Phi) is 3.71. The Morgan fingerprint density at radius 1 is 0.923 bits per heavy atom. The van der Waals surface area contributed by atoms with Gasteiger partial charge < -0.3 is 0 Å². The van der Waals surface area contributed by atoms with Gasteiger partial charge in [-0.05, 0) is 42.9 Å². The van der Waals surface area contributed by atoms with Crippen LogP contribution in [0.2, 0.25) is 0 Å². The van der Waals surface area contributed by atoms with Crippen molar-refractivity contribution in [3.8, 4) is 0 Å². The average molecular weight is 178 g/mol. The van der Waals surface area contributed by atoms with E-state index in [4.69, 9.17) is 0 Å². The van der Waals surface area contributed by atoms with Gasteiger partial charge in [0.1, 0.15) is 0 Å². The Balaban J connectivity index is 4.86. The minimum Gasteiger partial charge on any atom is -0.0947 e. The van der Waals surface area contributed by atoms with E-state index < -0.39 is 0 Å². The lowest BCUT2D eigenvalue weighted by molar-refractivity contribution is 0.514. The topological polar surface area (TPSA) is 0 Å². The summed E-state index contributed by atoms with van der Waals surface area (Å²) < 4.78 is 0. The van der Waals surface area contributed by atoms with Crippen molar-refractivity contribution in [2.75, 3.05) is 0 Å². The van der Waals surface area contributed by atoms with E-state index in [1.54, 1.807) is 0 Å². The van der Waals surface area contributed by atoms with Crippen molar-refractivity contribution in [3.05, 3.63) is 35.5 Å². The van der Waals surface area contributed by atoms with Gasteiger partial charge in [-0.3, -0.25) is 0 Å². The zero-order valence-electron chi connectivity index (χ0n) is 9.91. The van der Waals surface area contributed by atoms with Crippen LogP contribution in [-0.4, -0.2) is 0 Å². The molecule has 0 atom stereocenters. The summed E-state index contributed by atoms with van der Waals surface area (Å²) in [4.78, 5) is 0. The van der Waals surface area contributed by atoms with Crippen LogP contribution in [0.5, 0.6) is 0 Å². The maximum absolute atomic E-state index is 4.10. The Morgan fingerprint density at radius 2 is 1.31 bits per heavy atom. The van der Waals surface area contributed by atoms with E-state index in [0.717, 1.165) is 11.1 Å². The van der Waals surface area contributed by atoms with Crippen LogP contribution in [0.3, 0.4) is 0 Å². The Hall–Kier alpha value is -0.780. The molecule has 0 nitrogen and oxygen atoms in total. The third-order valence-corrected chi connectivity index (χ3v) is 2.47. The van der Waals surface area contributed by atoms with Gasteiger partial charge in [0.25, 0.3) is 0 Å². The van der Waals surface area contributed by atoms with Crippen molar-refractivity contribution in [2.45, 2.75) is 41.5 Å². The van der Waals surface area contributed by atoms with Crippen molar-refractivity contribution in [1.29, 1.82) is 0 Å². The molecule has 0 heteroatoms. The molecule has 0 radical (unpaired) electrons. The number of rotatable bonds is 2. The monoisotopic (exact) mass is 178 g/mol. The zero-order chi connectivity index (χ0) is 10.8. The van der Waals surface area contributed by atoms with Crippen molar-refractivity contribution in [1.82, 2.24) is 0 Å². The van der Waals surface area contributed by atoms with Crippen LogP contribution in [0.15, 0.2) is 35.5 Å². The Labute approximate surface area is 83.0 Å². The molecule has 0 bridgehead atoms. The van der Waals surface area contributed by atoms with E-state index in [1.807, 2.05) is 0 Å². The van der Waals surface area contributed by atoms with E-state index in [-0.39, 0.29) is 5.41 Å². The molecule has 0 aliphatic heterocycles. The minimum absolute atomic E-state index is 0.119. The molecule has 0 aromatic carbocycles. The van der Waals surface area contributed by atoms with Gasteiger partial charge in [0.15, 0.2) is 0 Å². The quantitative estimate of drug-likeness (QED) is 0.546. The predicted octanol–water partition coefficient (Wildman–Crippen LogP) is 4.50. The van der Waals surface area contributed by atoms with Crippen molar-refractivity contribution >= 4 is 0 Å². The van der Waals surface area contributed by atoms with Crippen molar-refractivity contribution < 1.29 is 0 Å². The SMILES string of the molecule is C=C(C(=C)C(C)(C)C)C(C)=C(C)C. The summed E-state index contributed by atoms with van der Waals surface area (Å²) in [5.41, 5.74) is 4.92. The second-order valence-corrected chi connectivity index (χ2v) is 4.83. The fourth-order valence-corrected chi connectivity index (χ4v) is 0.981. The molecule has 74 valence electrons. The third-order valence-electron chi connectivity index (χ3n) is 2.47. The van der Waals surface area contributed by atoms with Crippen LogP contribution in [0.4, 0.5) is 0 Å². The Bertz CT molecular complexity index is 252. The first-order valence-corrected chi connectivity index (χ1v) is 4.71. The molecular formula is C13H22. The van der Waals surface area contributed by atoms with E-state index in [2.05, 4.69) is 54.7 Å². The molecule has 0 amide bonds. The van der Waals surface area contributed by atoms with Gasteiger partial charge in [0, 0.05) is 0 Å². The van der Waals surface area contributed by atoms with Gasteiger partial charge in [0.2, 0.25) is 0 Å². The Morgan fingerprint density at radius 3 is 1.54 bits per heavy atom. The van der Waals surface area contributed by atoms with Gasteiger partial charge in [0.05, 0.1) is 0 Å². The minimum atomic E-state index is 0.119. The van der Waals surface area contributed by atoms with E-state index in [9.17, 15) is 0 Å². The highest BCUT2D eigenvalue weighted by Gasteiger charge is 2.18. The number of hydrogen-bond donors (Lipinski definition) is 0. The number of allylic oxidation sites excluding steroid dienone is 4. The molecule has 13 heavy (non-hydrogen) atoms. The lowest BCUT2D eigenvalue weighted by Gasteiger charge is -2.24. The van der Waals surface area contributed by atoms with Gasteiger partial charge in [-0.15, -0.1) is 0 Å². The lowest BCUT2D eigenvalue weighted by Crippen LogP contribution is -2.10. The van der Waals surface area contributed by atoms with E-state index in [0.29, 0.717) is 0 Å². The largest absolute Gasteiger partial charge is 0.0947 e. The average Bonchev–Trinajstić information content (AvgIpc) is 1.98. The summed E-state index contributed by atoms with van der Waals surface area (Å²) in [7, 11) is 0. The highest BCUT2D eigenvalue weighted by atomic mass is 14.2. The third kappa shape index (κ3) is 3.22. The molecule has 0 N–H and O–H groups in total. The summed E-state index contributed by atoms with van der Waals surface area (Å²) in [5, 5.41) is 0. The molecule has 0 aromatic heterocycles. The lowest BCUT2D eigenvalue weighted by atomic mass is 9.81. The van der Waals surface area contributed by atoms with Gasteiger partial charge in [-0.1, -0.05) is 39.5 Å². The molecule has 0 saturated carbocycles. The van der Waals surface area contributed by atoms with Crippen molar-refractivity contribution in [3.63, 3.8) is 0 Å². The molecule has 0 unspecified atom stereocenters. The molecule has 0 aliphatic rings. The fourth-order valence-electron chi connectivity index (χ4n) is 0.981. The highest BCUT2D eigenvalue weighted by Crippen LogP contribution is 2.32. The first-order valence-electron chi connectivity index (χ1n) is 4.71. The predicted molar refractivity (Wildman–Crippen MR) is 61.8 cm³/mol. The van der Waals surface area contributed by atoms with Crippen LogP contribution in [0, 0.1) is 5.41 Å². The normalized spacial score (nSPS) is 10.9. The summed E-state index contributed by atoms with van der Waals surface area (Å²) >= 11 is 0. The maximum atomic E-state index is 4.10. The highest BCUT2D eigenvalue weighted by molar-refractivity contribution is 5.46. The maximum Gasteiger partial charge on any atom is -0.0132 e. The molecule has 0 heterocycles. The molecule has 0 rings (SSSR count). The van der Waals surface area contributed by atoms with Crippen LogP contribution < -0.4 is 0 Å². The molecule has 0 aromatic rings. The van der Waals surface area contributed by atoms with Gasteiger partial charge in [-0.2, -0.15) is 0 Å². The molecule has 0 aliphatic carbocycles. The second-order valence-electron chi connectivity index (χ2n) is 4.83. The van der Waals surface area contributed by atoms with Crippen molar-refractivity contribution in [2.24, 2.45) is 5.41 Å².